The summed E-state index contributed by atoms with van der Waals surface area (Å²) in [5.41, 5.74) is 0. The van der Waals surface area contributed by atoms with Crippen molar-refractivity contribution in [1.29, 1.82) is 0 Å². The average molecular weight is 401 g/mol. The molecule has 2 aliphatic rings. The van der Waals surface area contributed by atoms with Crippen LogP contribution >= 0.6 is 0 Å². The van der Waals surface area contributed by atoms with Gasteiger partial charge < -0.3 is 24.2 Å². The molecule has 1 aromatic heterocycles. The Bertz CT molecular complexity index is 821. The van der Waals surface area contributed by atoms with Crippen molar-refractivity contribution in [2.45, 2.75) is 0 Å². The Balaban J connectivity index is 1.28. The van der Waals surface area contributed by atoms with Gasteiger partial charge in [0.15, 0.2) is 6.61 Å². The van der Waals surface area contributed by atoms with E-state index in [1.54, 1.807) is 11.1 Å². The second-order valence-corrected chi connectivity index (χ2v) is 6.92. The zero-order chi connectivity index (χ0) is 20.1. The van der Waals surface area contributed by atoms with Gasteiger partial charge in [-0.25, -0.2) is 9.37 Å². The molecule has 29 heavy (non-hydrogen) atoms. The van der Waals surface area contributed by atoms with Crippen molar-refractivity contribution >= 4 is 17.7 Å². The number of rotatable bonds is 5. The van der Waals surface area contributed by atoms with Crippen molar-refractivity contribution in [2.75, 3.05) is 68.9 Å². The van der Waals surface area contributed by atoms with Gasteiger partial charge in [-0.05, 0) is 30.3 Å². The number of ether oxygens (including phenoxy) is 2. The first-order chi connectivity index (χ1) is 14.2. The third-order valence-corrected chi connectivity index (χ3v) is 5.05. The van der Waals surface area contributed by atoms with Crippen molar-refractivity contribution in [2.24, 2.45) is 0 Å². The quantitative estimate of drug-likeness (QED) is 0.745. The van der Waals surface area contributed by atoms with E-state index in [1.807, 2.05) is 6.07 Å². The summed E-state index contributed by atoms with van der Waals surface area (Å²) in [6.45, 7) is 5.50. The highest BCUT2D eigenvalue weighted by atomic mass is 19.1. The number of nitrogens with zero attached hydrogens (tertiary/aromatic N) is 5. The van der Waals surface area contributed by atoms with E-state index in [0.717, 1.165) is 24.9 Å². The smallest absolute Gasteiger partial charge is 0.260 e. The molecule has 8 nitrogen and oxygen atoms in total. The van der Waals surface area contributed by atoms with E-state index >= 15 is 0 Å². The Morgan fingerprint density at radius 2 is 1.72 bits per heavy atom. The fraction of sp³-hybridized carbons (Fsp3) is 0.450. The number of amides is 1. The van der Waals surface area contributed by atoms with Gasteiger partial charge in [0.2, 0.25) is 5.95 Å². The average Bonchev–Trinajstić information content (AvgIpc) is 2.79. The van der Waals surface area contributed by atoms with Gasteiger partial charge >= 0.3 is 0 Å². The molecule has 0 radical (unpaired) electrons. The Morgan fingerprint density at radius 1 is 1.00 bits per heavy atom. The molecule has 0 aliphatic carbocycles. The van der Waals surface area contributed by atoms with Crippen LogP contribution in [0.25, 0.3) is 0 Å². The third-order valence-electron chi connectivity index (χ3n) is 5.05. The first-order valence-corrected chi connectivity index (χ1v) is 9.76. The zero-order valence-electron chi connectivity index (χ0n) is 16.2. The molecule has 0 spiro atoms. The normalized spacial score (nSPS) is 17.3. The summed E-state index contributed by atoms with van der Waals surface area (Å²) in [5, 5.41) is 0. The van der Waals surface area contributed by atoms with Crippen LogP contribution in [0.1, 0.15) is 0 Å². The number of carbonyl (C=O) groups is 1. The number of hydrogen-bond donors (Lipinski definition) is 0. The molecule has 4 rings (SSSR count). The topological polar surface area (TPSA) is 71.0 Å². The fourth-order valence-electron chi connectivity index (χ4n) is 3.38. The van der Waals surface area contributed by atoms with E-state index < -0.39 is 0 Å². The van der Waals surface area contributed by atoms with E-state index in [4.69, 9.17) is 14.5 Å². The minimum Gasteiger partial charge on any atom is -0.484 e. The van der Waals surface area contributed by atoms with Gasteiger partial charge in [-0.3, -0.25) is 4.79 Å². The summed E-state index contributed by atoms with van der Waals surface area (Å²) in [6, 6.07) is 7.55. The van der Waals surface area contributed by atoms with Gasteiger partial charge in [0.25, 0.3) is 5.91 Å². The fourth-order valence-corrected chi connectivity index (χ4v) is 3.38. The van der Waals surface area contributed by atoms with Gasteiger partial charge in [-0.2, -0.15) is 4.98 Å². The van der Waals surface area contributed by atoms with Crippen LogP contribution in [0.15, 0.2) is 36.5 Å². The number of hydrogen-bond acceptors (Lipinski definition) is 7. The molecule has 2 saturated heterocycles. The molecule has 9 heteroatoms. The number of carbonyl (C=O) groups excluding carboxylic acids is 1. The molecule has 154 valence electrons. The standard InChI is InChI=1S/C20H24FN5O3/c21-16-1-3-17(4-2-16)29-15-19(27)25-9-7-24(8-10-25)18-5-6-22-20(23-18)26-11-13-28-14-12-26/h1-6H,7-15H2. The lowest BCUT2D eigenvalue weighted by atomic mass is 10.3. The van der Waals surface area contributed by atoms with Crippen LogP contribution in [-0.4, -0.2) is 79.9 Å². The molecular weight excluding hydrogens is 377 g/mol. The Hall–Kier alpha value is -2.94. The van der Waals surface area contributed by atoms with Crippen molar-refractivity contribution in [3.05, 3.63) is 42.3 Å². The number of aromatic nitrogens is 2. The summed E-state index contributed by atoms with van der Waals surface area (Å²) in [6.07, 6.45) is 1.78. The summed E-state index contributed by atoms with van der Waals surface area (Å²) in [7, 11) is 0. The molecule has 1 amide bonds. The second kappa shape index (κ2) is 9.04. The maximum Gasteiger partial charge on any atom is 0.260 e. The highest BCUT2D eigenvalue weighted by Crippen LogP contribution is 2.18. The molecular formula is C20H24FN5O3. The largest absolute Gasteiger partial charge is 0.484 e. The molecule has 0 unspecified atom stereocenters. The molecule has 0 N–H and O–H groups in total. The minimum atomic E-state index is -0.332. The highest BCUT2D eigenvalue weighted by molar-refractivity contribution is 5.78. The third kappa shape index (κ3) is 4.92. The van der Waals surface area contributed by atoms with Crippen molar-refractivity contribution < 1.29 is 18.7 Å². The van der Waals surface area contributed by atoms with Crippen LogP contribution in [0, 0.1) is 5.82 Å². The van der Waals surface area contributed by atoms with Gasteiger partial charge in [0, 0.05) is 45.5 Å². The summed E-state index contributed by atoms with van der Waals surface area (Å²) >= 11 is 0. The Labute approximate surface area is 168 Å². The minimum absolute atomic E-state index is 0.0552. The predicted molar refractivity (Wildman–Crippen MR) is 106 cm³/mol. The molecule has 0 atom stereocenters. The van der Waals surface area contributed by atoms with Crippen molar-refractivity contribution in [3.8, 4) is 5.75 Å². The maximum absolute atomic E-state index is 12.9. The van der Waals surface area contributed by atoms with Crippen LogP contribution in [0.3, 0.4) is 0 Å². The van der Waals surface area contributed by atoms with E-state index in [0.29, 0.717) is 45.1 Å². The first kappa shape index (κ1) is 19.4. The maximum atomic E-state index is 12.9. The van der Waals surface area contributed by atoms with Crippen LogP contribution in [0.5, 0.6) is 5.75 Å². The van der Waals surface area contributed by atoms with Crippen LogP contribution in [0.2, 0.25) is 0 Å². The summed E-state index contributed by atoms with van der Waals surface area (Å²) < 4.78 is 23.8. The summed E-state index contributed by atoms with van der Waals surface area (Å²) in [5.74, 6) is 1.66. The lowest BCUT2D eigenvalue weighted by Crippen LogP contribution is -2.50. The van der Waals surface area contributed by atoms with Crippen LogP contribution in [-0.2, 0) is 9.53 Å². The lowest BCUT2D eigenvalue weighted by Gasteiger charge is -2.35. The predicted octanol–water partition coefficient (Wildman–Crippen LogP) is 1.18. The monoisotopic (exact) mass is 401 g/mol. The summed E-state index contributed by atoms with van der Waals surface area (Å²) in [4.78, 5) is 27.6. The number of halogens is 1. The van der Waals surface area contributed by atoms with Crippen LogP contribution in [0.4, 0.5) is 16.2 Å². The number of morpholine rings is 1. The molecule has 2 aliphatic heterocycles. The van der Waals surface area contributed by atoms with E-state index in [9.17, 15) is 9.18 Å². The molecule has 0 bridgehead atoms. The van der Waals surface area contributed by atoms with Gasteiger partial charge in [-0.1, -0.05) is 0 Å². The van der Waals surface area contributed by atoms with Crippen LogP contribution < -0.4 is 14.5 Å². The van der Waals surface area contributed by atoms with Crippen molar-refractivity contribution in [1.82, 2.24) is 14.9 Å². The van der Waals surface area contributed by atoms with Gasteiger partial charge in [0.1, 0.15) is 17.4 Å². The van der Waals surface area contributed by atoms with Gasteiger partial charge in [-0.15, -0.1) is 0 Å². The van der Waals surface area contributed by atoms with Gasteiger partial charge in [0.05, 0.1) is 13.2 Å². The highest BCUT2D eigenvalue weighted by Gasteiger charge is 2.23. The van der Waals surface area contributed by atoms with E-state index in [2.05, 4.69) is 14.8 Å². The Kier molecular flexibility index (Phi) is 6.04. The zero-order valence-corrected chi connectivity index (χ0v) is 16.2. The van der Waals surface area contributed by atoms with Crippen molar-refractivity contribution in [3.63, 3.8) is 0 Å². The second-order valence-electron chi connectivity index (χ2n) is 6.92. The first-order valence-electron chi connectivity index (χ1n) is 9.76. The lowest BCUT2D eigenvalue weighted by molar-refractivity contribution is -0.133. The molecule has 0 saturated carbocycles. The Morgan fingerprint density at radius 3 is 2.45 bits per heavy atom. The number of benzene rings is 1. The van der Waals surface area contributed by atoms with E-state index in [-0.39, 0.29) is 18.3 Å². The SMILES string of the molecule is O=C(COc1ccc(F)cc1)N1CCN(c2ccnc(N3CCOCC3)n2)CC1. The molecule has 2 aromatic rings. The molecule has 2 fully saturated rings. The van der Waals surface area contributed by atoms with E-state index in [1.165, 1.54) is 24.3 Å². The molecule has 1 aromatic carbocycles. The number of anilines is 2. The molecule has 3 heterocycles. The number of piperazine rings is 1.